The number of hydrogen-bond acceptors (Lipinski definition) is 6. The molecule has 4 heterocycles. The minimum atomic E-state index is 0.0115. The van der Waals surface area contributed by atoms with E-state index in [0.717, 1.165) is 48.9 Å². The maximum absolute atomic E-state index is 14.1. The van der Waals surface area contributed by atoms with Crippen LogP contribution in [0.5, 0.6) is 0 Å². The van der Waals surface area contributed by atoms with E-state index in [1.807, 2.05) is 71.6 Å². The van der Waals surface area contributed by atoms with Gasteiger partial charge >= 0.3 is 0 Å². The highest BCUT2D eigenvalue weighted by molar-refractivity contribution is 5.94. The first-order valence-corrected chi connectivity index (χ1v) is 14.7. The highest BCUT2D eigenvalue weighted by Gasteiger charge is 2.35. The minimum Gasteiger partial charge on any atom is -0.356 e. The maximum atomic E-state index is 14.1. The van der Waals surface area contributed by atoms with Gasteiger partial charge in [-0.15, -0.1) is 0 Å². The highest BCUT2D eigenvalue weighted by atomic mass is 16.5. The lowest BCUT2D eigenvalue weighted by Crippen LogP contribution is -2.52. The van der Waals surface area contributed by atoms with Gasteiger partial charge < -0.3 is 14.3 Å². The lowest BCUT2D eigenvalue weighted by molar-refractivity contribution is -0.132. The molecule has 41 heavy (non-hydrogen) atoms. The first-order chi connectivity index (χ1) is 20.1. The predicted octanol–water partition coefficient (Wildman–Crippen LogP) is 5.36. The quantitative estimate of drug-likeness (QED) is 0.332. The number of hydrogen-bond donors (Lipinski definition) is 0. The van der Waals surface area contributed by atoms with Crippen LogP contribution in [0.25, 0.3) is 11.0 Å². The number of pyridine rings is 1. The van der Waals surface area contributed by atoms with Gasteiger partial charge in [0.15, 0.2) is 5.58 Å². The third kappa shape index (κ3) is 5.88. The standard InChI is InChI=1S/C33H37N5O3/c1-2-32(39)37-19-16-26-9-7-10-27(38(26)21-24-14-17-34-18-15-24)23-36(22-25-8-3-5-12-30(25)37)33(40)20-29-28-11-4-6-13-31(28)41-35-29/h3-6,8,11-15,17-18,26-27H,2,7,9-10,16,19-23H2,1H3. The fraction of sp³-hybridized carbons (Fsp3) is 0.394. The van der Waals surface area contributed by atoms with Gasteiger partial charge in [-0.2, -0.15) is 0 Å². The lowest BCUT2D eigenvalue weighted by atomic mass is 9.92. The molecular weight excluding hydrogens is 514 g/mol. The Balaban J connectivity index is 1.38. The van der Waals surface area contributed by atoms with E-state index < -0.39 is 0 Å². The van der Waals surface area contributed by atoms with Crippen molar-refractivity contribution in [2.24, 2.45) is 0 Å². The normalized spacial score (nSPS) is 19.9. The molecule has 1 fully saturated rings. The van der Waals surface area contributed by atoms with Crippen LogP contribution in [0.3, 0.4) is 0 Å². The van der Waals surface area contributed by atoms with Gasteiger partial charge in [0.25, 0.3) is 0 Å². The maximum Gasteiger partial charge on any atom is 0.229 e. The molecule has 2 aliphatic heterocycles. The van der Waals surface area contributed by atoms with Gasteiger partial charge in [-0.1, -0.05) is 48.8 Å². The molecule has 2 aromatic carbocycles. The molecule has 2 bridgehead atoms. The summed E-state index contributed by atoms with van der Waals surface area (Å²) < 4.78 is 5.51. The topological polar surface area (TPSA) is 82.8 Å². The van der Waals surface area contributed by atoms with Crippen LogP contribution in [0.2, 0.25) is 0 Å². The fourth-order valence-corrected chi connectivity index (χ4v) is 6.47. The molecule has 2 aliphatic rings. The Hall–Kier alpha value is -4.04. The van der Waals surface area contributed by atoms with Gasteiger partial charge in [0.2, 0.25) is 11.8 Å². The Morgan fingerprint density at radius 2 is 1.71 bits per heavy atom. The van der Waals surface area contributed by atoms with Crippen LogP contribution in [-0.4, -0.2) is 56.9 Å². The van der Waals surface area contributed by atoms with Crippen LogP contribution >= 0.6 is 0 Å². The molecule has 6 rings (SSSR count). The second-order valence-electron chi connectivity index (χ2n) is 11.2. The van der Waals surface area contributed by atoms with Crippen LogP contribution < -0.4 is 4.90 Å². The van der Waals surface area contributed by atoms with Crippen molar-refractivity contribution in [3.63, 3.8) is 0 Å². The van der Waals surface area contributed by atoms with Crippen molar-refractivity contribution in [1.29, 1.82) is 0 Å². The third-order valence-electron chi connectivity index (χ3n) is 8.61. The molecule has 212 valence electrons. The van der Waals surface area contributed by atoms with E-state index >= 15 is 0 Å². The van der Waals surface area contributed by atoms with Crippen molar-refractivity contribution in [3.05, 3.63) is 89.9 Å². The smallest absolute Gasteiger partial charge is 0.229 e. The van der Waals surface area contributed by atoms with Crippen molar-refractivity contribution in [3.8, 4) is 0 Å². The van der Waals surface area contributed by atoms with Crippen LogP contribution in [0.1, 0.15) is 55.8 Å². The number of anilines is 1. The number of carbonyl (C=O) groups excluding carboxylic acids is 2. The van der Waals surface area contributed by atoms with Crippen LogP contribution in [-0.2, 0) is 29.1 Å². The molecule has 8 nitrogen and oxygen atoms in total. The number of fused-ring (bicyclic) bond motifs is 4. The van der Waals surface area contributed by atoms with Crippen molar-refractivity contribution in [2.75, 3.05) is 18.0 Å². The predicted molar refractivity (Wildman–Crippen MR) is 158 cm³/mol. The first kappa shape index (κ1) is 27.1. The number of aromatic nitrogens is 2. The molecule has 2 unspecified atom stereocenters. The van der Waals surface area contributed by atoms with Gasteiger partial charge in [-0.25, -0.2) is 0 Å². The number of carbonyl (C=O) groups is 2. The van der Waals surface area contributed by atoms with E-state index in [0.29, 0.717) is 43.4 Å². The molecular formula is C33H37N5O3. The number of nitrogens with zero attached hydrogens (tertiary/aromatic N) is 5. The second kappa shape index (κ2) is 12.2. The van der Waals surface area contributed by atoms with E-state index in [-0.39, 0.29) is 24.3 Å². The summed E-state index contributed by atoms with van der Waals surface area (Å²) in [5.74, 6) is 0.120. The number of amides is 2. The van der Waals surface area contributed by atoms with Gasteiger partial charge in [0.05, 0.1) is 6.42 Å². The molecule has 2 atom stereocenters. The molecule has 8 heteroatoms. The fourth-order valence-electron chi connectivity index (χ4n) is 6.47. The van der Waals surface area contributed by atoms with Crippen molar-refractivity contribution in [2.45, 2.75) is 70.6 Å². The summed E-state index contributed by atoms with van der Waals surface area (Å²) in [6.45, 7) is 4.42. The van der Waals surface area contributed by atoms with Crippen molar-refractivity contribution < 1.29 is 14.1 Å². The molecule has 0 radical (unpaired) electrons. The number of rotatable bonds is 5. The highest BCUT2D eigenvalue weighted by Crippen LogP contribution is 2.32. The number of para-hydroxylation sites is 2. The van der Waals surface area contributed by atoms with Gasteiger partial charge in [0.1, 0.15) is 5.69 Å². The van der Waals surface area contributed by atoms with Crippen LogP contribution in [0.15, 0.2) is 77.6 Å². The molecule has 0 N–H and O–H groups in total. The molecule has 2 amide bonds. The average Bonchev–Trinajstić information content (AvgIpc) is 3.41. The van der Waals surface area contributed by atoms with Crippen molar-refractivity contribution in [1.82, 2.24) is 19.9 Å². The Bertz CT molecular complexity index is 1500. The zero-order valence-electron chi connectivity index (χ0n) is 23.6. The Labute approximate surface area is 240 Å². The molecule has 0 spiro atoms. The molecule has 0 aliphatic carbocycles. The minimum absolute atomic E-state index is 0.0115. The van der Waals surface area contributed by atoms with E-state index in [4.69, 9.17) is 4.52 Å². The summed E-state index contributed by atoms with van der Waals surface area (Å²) in [7, 11) is 0. The zero-order valence-corrected chi connectivity index (χ0v) is 23.6. The monoisotopic (exact) mass is 551 g/mol. The molecule has 4 aromatic rings. The summed E-state index contributed by atoms with van der Waals surface area (Å²) in [4.78, 5) is 38.1. The number of benzene rings is 2. The summed E-state index contributed by atoms with van der Waals surface area (Å²) in [5.41, 5.74) is 4.45. The zero-order chi connectivity index (χ0) is 28.2. The van der Waals surface area contributed by atoms with Gasteiger partial charge in [-0.3, -0.25) is 19.5 Å². The van der Waals surface area contributed by atoms with Gasteiger partial charge in [0, 0.05) is 68.2 Å². The summed E-state index contributed by atoms with van der Waals surface area (Å²) in [5, 5.41) is 5.12. The number of piperidine rings is 1. The summed E-state index contributed by atoms with van der Waals surface area (Å²) in [6, 6.07) is 20.4. The van der Waals surface area contributed by atoms with E-state index in [1.54, 1.807) is 0 Å². The van der Waals surface area contributed by atoms with Crippen LogP contribution in [0, 0.1) is 0 Å². The molecule has 1 saturated heterocycles. The second-order valence-corrected chi connectivity index (χ2v) is 11.2. The van der Waals surface area contributed by atoms with Gasteiger partial charge in [-0.05, 0) is 60.7 Å². The van der Waals surface area contributed by atoms with Crippen molar-refractivity contribution >= 4 is 28.5 Å². The molecule has 0 saturated carbocycles. The largest absolute Gasteiger partial charge is 0.356 e. The van der Waals surface area contributed by atoms with E-state index in [2.05, 4.69) is 33.2 Å². The summed E-state index contributed by atoms with van der Waals surface area (Å²) in [6.07, 6.45) is 8.38. The summed E-state index contributed by atoms with van der Waals surface area (Å²) >= 11 is 0. The lowest BCUT2D eigenvalue weighted by Gasteiger charge is -2.44. The van der Waals surface area contributed by atoms with Crippen LogP contribution in [0.4, 0.5) is 5.69 Å². The Morgan fingerprint density at radius 3 is 2.56 bits per heavy atom. The van der Waals surface area contributed by atoms with E-state index in [9.17, 15) is 9.59 Å². The van der Waals surface area contributed by atoms with E-state index in [1.165, 1.54) is 5.56 Å². The first-order valence-electron chi connectivity index (χ1n) is 14.7. The Kier molecular flexibility index (Phi) is 8.09. The average molecular weight is 552 g/mol. The Morgan fingerprint density at radius 1 is 0.927 bits per heavy atom. The molecule has 2 aromatic heterocycles. The third-order valence-corrected chi connectivity index (χ3v) is 8.61. The SMILES string of the molecule is CCC(=O)N1CCC2CCCC(CN(C(=O)Cc3noc4ccccc34)Cc3ccccc31)N2Cc1ccncc1.